The van der Waals surface area contributed by atoms with Gasteiger partial charge >= 0.3 is 0 Å². The van der Waals surface area contributed by atoms with Crippen molar-refractivity contribution in [3.8, 4) is 0 Å². The molecule has 0 fully saturated rings. The molecule has 1 heterocycles. The molecule has 0 spiro atoms. The van der Waals surface area contributed by atoms with E-state index in [1.165, 1.54) is 49.1 Å². The first kappa shape index (κ1) is 18.2. The van der Waals surface area contributed by atoms with Gasteiger partial charge in [0.2, 0.25) is 0 Å². The molecule has 122 valence electrons. The van der Waals surface area contributed by atoms with E-state index >= 15 is 0 Å². The lowest BCUT2D eigenvalue weighted by molar-refractivity contribution is 0.515. The third-order valence-corrected chi connectivity index (χ3v) is 4.38. The van der Waals surface area contributed by atoms with Gasteiger partial charge in [0.1, 0.15) is 0 Å². The van der Waals surface area contributed by atoms with Crippen LogP contribution in [-0.4, -0.2) is 15.8 Å². The van der Waals surface area contributed by atoms with Crippen LogP contribution in [-0.2, 0) is 25.8 Å². The van der Waals surface area contributed by atoms with Gasteiger partial charge in [0, 0.05) is 18.3 Å². The lowest BCUT2D eigenvalue weighted by atomic mass is 10.00. The van der Waals surface area contributed by atoms with Crippen molar-refractivity contribution < 1.29 is 0 Å². The summed E-state index contributed by atoms with van der Waals surface area (Å²) in [5.74, 6) is 0. The number of nitrogens with two attached hydrogens (primary N) is 1. The highest BCUT2D eigenvalue weighted by atomic mass is 15.3. The molecule has 0 radical (unpaired) electrons. The Morgan fingerprint density at radius 2 is 1.71 bits per heavy atom. The second-order valence-corrected chi connectivity index (χ2v) is 6.09. The Hall–Kier alpha value is -0.830. The van der Waals surface area contributed by atoms with Crippen molar-refractivity contribution in [1.82, 2.24) is 9.78 Å². The maximum Gasteiger partial charge on any atom is 0.0657 e. The van der Waals surface area contributed by atoms with Crippen molar-refractivity contribution in [2.75, 3.05) is 0 Å². The van der Waals surface area contributed by atoms with Crippen LogP contribution in [0.1, 0.15) is 83.2 Å². The molecule has 0 aliphatic rings. The molecule has 0 aromatic carbocycles. The van der Waals surface area contributed by atoms with Crippen LogP contribution in [0.25, 0.3) is 0 Å². The lowest BCUT2D eigenvalue weighted by Crippen LogP contribution is -2.22. The molecule has 1 aromatic heterocycles. The Kier molecular flexibility index (Phi) is 8.67. The van der Waals surface area contributed by atoms with Crippen LogP contribution in [0.5, 0.6) is 0 Å². The molecule has 1 unspecified atom stereocenters. The van der Waals surface area contributed by atoms with Crippen molar-refractivity contribution in [3.63, 3.8) is 0 Å². The minimum atomic E-state index is 0.266. The van der Waals surface area contributed by atoms with Gasteiger partial charge in [-0.15, -0.1) is 0 Å². The van der Waals surface area contributed by atoms with Crippen LogP contribution in [0.4, 0.5) is 0 Å². The summed E-state index contributed by atoms with van der Waals surface area (Å²) >= 11 is 0. The van der Waals surface area contributed by atoms with Gasteiger partial charge in [-0.1, -0.05) is 53.4 Å². The number of hydrogen-bond acceptors (Lipinski definition) is 2. The molecule has 2 N–H and O–H groups in total. The Bertz CT molecular complexity index is 395. The van der Waals surface area contributed by atoms with E-state index in [1.54, 1.807) is 0 Å². The summed E-state index contributed by atoms with van der Waals surface area (Å²) in [7, 11) is 0. The molecular formula is C18H35N3. The molecule has 1 rings (SSSR count). The Labute approximate surface area is 131 Å². The Morgan fingerprint density at radius 1 is 1.00 bits per heavy atom. The third kappa shape index (κ3) is 5.46. The first-order valence-corrected chi connectivity index (χ1v) is 9.00. The molecule has 0 bridgehead atoms. The summed E-state index contributed by atoms with van der Waals surface area (Å²) in [5.41, 5.74) is 10.3. The zero-order valence-corrected chi connectivity index (χ0v) is 14.6. The number of aromatic nitrogens is 2. The fourth-order valence-electron chi connectivity index (χ4n) is 2.96. The van der Waals surface area contributed by atoms with Crippen molar-refractivity contribution in [3.05, 3.63) is 17.0 Å². The van der Waals surface area contributed by atoms with E-state index < -0.39 is 0 Å². The molecule has 1 aromatic rings. The first-order chi connectivity index (χ1) is 10.2. The molecular weight excluding hydrogens is 258 g/mol. The quantitative estimate of drug-likeness (QED) is 0.620. The van der Waals surface area contributed by atoms with Gasteiger partial charge in [-0.2, -0.15) is 5.10 Å². The normalized spacial score (nSPS) is 12.8. The predicted molar refractivity (Wildman–Crippen MR) is 91.7 cm³/mol. The lowest BCUT2D eigenvalue weighted by Gasteiger charge is -2.11. The number of nitrogens with zero attached hydrogens (tertiary/aromatic N) is 2. The van der Waals surface area contributed by atoms with Crippen LogP contribution in [0.15, 0.2) is 0 Å². The maximum absolute atomic E-state index is 6.18. The van der Waals surface area contributed by atoms with Crippen molar-refractivity contribution in [1.29, 1.82) is 0 Å². The van der Waals surface area contributed by atoms with E-state index in [-0.39, 0.29) is 6.04 Å². The van der Waals surface area contributed by atoms with Crippen LogP contribution in [0.2, 0.25) is 0 Å². The van der Waals surface area contributed by atoms with E-state index in [9.17, 15) is 0 Å². The molecule has 0 aliphatic heterocycles. The van der Waals surface area contributed by atoms with Gasteiger partial charge in [0.15, 0.2) is 0 Å². The maximum atomic E-state index is 6.18. The predicted octanol–water partition coefficient (Wildman–Crippen LogP) is 4.26. The summed E-state index contributed by atoms with van der Waals surface area (Å²) in [6.07, 6.45) is 10.7. The molecule has 3 nitrogen and oxygen atoms in total. The zero-order chi connectivity index (χ0) is 15.7. The molecule has 0 aliphatic carbocycles. The third-order valence-electron chi connectivity index (χ3n) is 4.38. The van der Waals surface area contributed by atoms with Gasteiger partial charge in [-0.25, -0.2) is 0 Å². The average molecular weight is 293 g/mol. The summed E-state index contributed by atoms with van der Waals surface area (Å²) in [6.45, 7) is 9.94. The zero-order valence-electron chi connectivity index (χ0n) is 14.6. The minimum Gasteiger partial charge on any atom is -0.327 e. The van der Waals surface area contributed by atoms with Crippen LogP contribution >= 0.6 is 0 Å². The van der Waals surface area contributed by atoms with E-state index in [0.717, 1.165) is 32.2 Å². The minimum absolute atomic E-state index is 0.266. The van der Waals surface area contributed by atoms with Crippen LogP contribution in [0.3, 0.4) is 0 Å². The van der Waals surface area contributed by atoms with Gasteiger partial charge in [-0.3, -0.25) is 4.68 Å². The van der Waals surface area contributed by atoms with Crippen molar-refractivity contribution in [2.45, 2.75) is 98.1 Å². The van der Waals surface area contributed by atoms with Crippen molar-refractivity contribution in [2.24, 2.45) is 5.73 Å². The molecule has 0 saturated carbocycles. The fourth-order valence-corrected chi connectivity index (χ4v) is 2.96. The van der Waals surface area contributed by atoms with E-state index in [4.69, 9.17) is 10.8 Å². The first-order valence-electron chi connectivity index (χ1n) is 9.00. The Balaban J connectivity index is 2.74. The highest BCUT2D eigenvalue weighted by molar-refractivity contribution is 5.28. The number of hydrogen-bond donors (Lipinski definition) is 1. The highest BCUT2D eigenvalue weighted by Gasteiger charge is 2.17. The largest absolute Gasteiger partial charge is 0.327 e. The molecule has 3 heteroatoms. The average Bonchev–Trinajstić information content (AvgIpc) is 2.83. The Morgan fingerprint density at radius 3 is 2.29 bits per heavy atom. The fraction of sp³-hybridized carbons (Fsp3) is 0.833. The van der Waals surface area contributed by atoms with Crippen LogP contribution < -0.4 is 5.73 Å². The van der Waals surface area contributed by atoms with E-state index in [1.807, 2.05) is 0 Å². The second kappa shape index (κ2) is 9.99. The topological polar surface area (TPSA) is 43.8 Å². The SMILES string of the molecule is CCCCCCCn1nc(CC)c(CC(N)CC)c1CC. The van der Waals surface area contributed by atoms with E-state index in [2.05, 4.69) is 32.4 Å². The number of rotatable bonds is 11. The second-order valence-electron chi connectivity index (χ2n) is 6.09. The summed E-state index contributed by atoms with van der Waals surface area (Å²) < 4.78 is 2.27. The van der Waals surface area contributed by atoms with Gasteiger partial charge in [0.25, 0.3) is 0 Å². The van der Waals surface area contributed by atoms with Crippen molar-refractivity contribution >= 4 is 0 Å². The standard InChI is InChI=1S/C18H35N3/c1-5-9-10-11-12-13-21-18(8-4)16(14-15(19)6-2)17(7-3)20-21/h15H,5-14,19H2,1-4H3. The number of unbranched alkanes of at least 4 members (excludes halogenated alkanes) is 4. The molecule has 1 atom stereocenters. The van der Waals surface area contributed by atoms with E-state index in [0.29, 0.717) is 0 Å². The molecule has 0 amide bonds. The molecule has 21 heavy (non-hydrogen) atoms. The van der Waals surface area contributed by atoms with Gasteiger partial charge in [-0.05, 0) is 37.7 Å². The van der Waals surface area contributed by atoms with Gasteiger partial charge < -0.3 is 5.73 Å². The summed E-state index contributed by atoms with van der Waals surface area (Å²) in [5, 5.41) is 4.87. The highest BCUT2D eigenvalue weighted by Crippen LogP contribution is 2.19. The summed E-state index contributed by atoms with van der Waals surface area (Å²) in [4.78, 5) is 0. The molecule has 0 saturated heterocycles. The van der Waals surface area contributed by atoms with Gasteiger partial charge in [0.05, 0.1) is 5.69 Å². The van der Waals surface area contributed by atoms with Crippen LogP contribution in [0, 0.1) is 0 Å². The monoisotopic (exact) mass is 293 g/mol. The smallest absolute Gasteiger partial charge is 0.0657 e. The summed E-state index contributed by atoms with van der Waals surface area (Å²) in [6, 6.07) is 0.266. The number of aryl methyl sites for hydroxylation is 2.